The Labute approximate surface area is 136 Å². The molecule has 0 aliphatic heterocycles. The molecule has 2 N–H and O–H groups in total. The van der Waals surface area contributed by atoms with Crippen LogP contribution in [0, 0.1) is 11.8 Å². The number of nitrogens with one attached hydrogen (secondary N) is 2. The maximum atomic E-state index is 13.4. The summed E-state index contributed by atoms with van der Waals surface area (Å²) >= 11 is 0. The number of benzene rings is 1. The van der Waals surface area contributed by atoms with Gasteiger partial charge in [0.25, 0.3) is 12.3 Å². The molecule has 0 aliphatic carbocycles. The number of aromatic nitrogens is 2. The molecule has 0 fully saturated rings. The second-order valence-electron chi connectivity index (χ2n) is 5.60. The largest absolute Gasteiger partial charge is 0.351 e. The number of rotatable bonds is 6. The summed E-state index contributed by atoms with van der Waals surface area (Å²) in [5.74, 6) is -2.44. The van der Waals surface area contributed by atoms with Gasteiger partial charge < -0.3 is 5.32 Å². The van der Waals surface area contributed by atoms with Gasteiger partial charge in [0.2, 0.25) is 5.95 Å². The van der Waals surface area contributed by atoms with Gasteiger partial charge in [0.1, 0.15) is 17.1 Å². The highest BCUT2D eigenvalue weighted by Gasteiger charge is 2.26. The standard InChI is InChI=1S/C16H17F4N3O/c1-8(2)11-4-3-10(17)7-9(11)5-6-21-16(24)12-13(14(18)19)22-23-15(12)20/h3-4,7-8,14H,5-6H2,1-2H3,(H,21,24)(H,22,23). The van der Waals surface area contributed by atoms with Crippen LogP contribution in [0.5, 0.6) is 0 Å². The fourth-order valence-electron chi connectivity index (χ4n) is 2.46. The van der Waals surface area contributed by atoms with Crippen molar-refractivity contribution in [3.8, 4) is 0 Å². The number of hydrogen-bond donors (Lipinski definition) is 2. The number of alkyl halides is 2. The monoisotopic (exact) mass is 343 g/mol. The summed E-state index contributed by atoms with van der Waals surface area (Å²) in [5, 5.41) is 7.18. The molecule has 4 nitrogen and oxygen atoms in total. The molecule has 0 atom stereocenters. The molecule has 1 aromatic heterocycles. The van der Waals surface area contributed by atoms with E-state index >= 15 is 0 Å². The predicted molar refractivity (Wildman–Crippen MR) is 80.0 cm³/mol. The van der Waals surface area contributed by atoms with Crippen LogP contribution in [-0.2, 0) is 6.42 Å². The average Bonchev–Trinajstić information content (AvgIpc) is 2.89. The quantitative estimate of drug-likeness (QED) is 0.786. The van der Waals surface area contributed by atoms with Gasteiger partial charge in [-0.2, -0.15) is 9.49 Å². The molecular weight excluding hydrogens is 326 g/mol. The van der Waals surface area contributed by atoms with Gasteiger partial charge in [0, 0.05) is 6.54 Å². The first-order valence-electron chi connectivity index (χ1n) is 7.39. The Hall–Kier alpha value is -2.38. The van der Waals surface area contributed by atoms with Crippen molar-refractivity contribution in [2.45, 2.75) is 32.6 Å². The Balaban J connectivity index is 2.06. The summed E-state index contributed by atoms with van der Waals surface area (Å²) in [5.41, 5.74) is -0.104. The lowest BCUT2D eigenvalue weighted by Crippen LogP contribution is -2.27. The fourth-order valence-corrected chi connectivity index (χ4v) is 2.46. The third-order valence-corrected chi connectivity index (χ3v) is 3.59. The van der Waals surface area contributed by atoms with Crippen LogP contribution in [0.25, 0.3) is 0 Å². The summed E-state index contributed by atoms with van der Waals surface area (Å²) in [6, 6.07) is 4.39. The van der Waals surface area contributed by atoms with Crippen molar-refractivity contribution < 1.29 is 22.4 Å². The van der Waals surface area contributed by atoms with Crippen LogP contribution in [0.1, 0.15) is 53.4 Å². The zero-order chi connectivity index (χ0) is 17.9. The SMILES string of the molecule is CC(C)c1ccc(F)cc1CCNC(=O)c1c(C(F)F)n[nH]c1F. The number of aromatic amines is 1. The van der Waals surface area contributed by atoms with Gasteiger partial charge in [0.05, 0.1) is 0 Å². The minimum absolute atomic E-state index is 0.0509. The Bertz CT molecular complexity index is 728. The summed E-state index contributed by atoms with van der Waals surface area (Å²) < 4.78 is 52.2. The minimum atomic E-state index is -3.07. The van der Waals surface area contributed by atoms with Gasteiger partial charge in [-0.05, 0) is 35.6 Å². The van der Waals surface area contributed by atoms with Crippen LogP contribution in [0.3, 0.4) is 0 Å². The summed E-state index contributed by atoms with van der Waals surface area (Å²) in [7, 11) is 0. The highest BCUT2D eigenvalue weighted by molar-refractivity contribution is 5.95. The average molecular weight is 343 g/mol. The fraction of sp³-hybridized carbons (Fsp3) is 0.375. The first-order valence-corrected chi connectivity index (χ1v) is 7.39. The molecular formula is C16H17F4N3O. The maximum absolute atomic E-state index is 13.4. The zero-order valence-electron chi connectivity index (χ0n) is 13.2. The molecule has 1 aromatic carbocycles. The van der Waals surface area contributed by atoms with Gasteiger partial charge in [0.15, 0.2) is 0 Å². The van der Waals surface area contributed by atoms with E-state index in [2.05, 4.69) is 10.4 Å². The van der Waals surface area contributed by atoms with Crippen LogP contribution >= 0.6 is 0 Å². The molecule has 1 heterocycles. The van der Waals surface area contributed by atoms with Crippen molar-refractivity contribution in [1.29, 1.82) is 0 Å². The molecule has 0 saturated heterocycles. The van der Waals surface area contributed by atoms with Crippen molar-refractivity contribution in [3.63, 3.8) is 0 Å². The van der Waals surface area contributed by atoms with E-state index in [4.69, 9.17) is 0 Å². The van der Waals surface area contributed by atoms with Gasteiger partial charge >= 0.3 is 0 Å². The molecule has 0 spiro atoms. The first-order chi connectivity index (χ1) is 11.3. The lowest BCUT2D eigenvalue weighted by Gasteiger charge is -2.13. The second-order valence-corrected chi connectivity index (χ2v) is 5.60. The van der Waals surface area contributed by atoms with Crippen LogP contribution in [0.2, 0.25) is 0 Å². The van der Waals surface area contributed by atoms with E-state index < -0.39 is 35.4 Å². The predicted octanol–water partition coefficient (Wildman–Crippen LogP) is 3.72. The number of amides is 1. The summed E-state index contributed by atoms with van der Waals surface area (Å²) in [6.45, 7) is 3.95. The highest BCUT2D eigenvalue weighted by atomic mass is 19.3. The minimum Gasteiger partial charge on any atom is -0.351 e. The van der Waals surface area contributed by atoms with Gasteiger partial charge in [-0.1, -0.05) is 19.9 Å². The number of carbonyl (C=O) groups is 1. The molecule has 24 heavy (non-hydrogen) atoms. The number of halogens is 4. The Kier molecular flexibility index (Phi) is 5.58. The second kappa shape index (κ2) is 7.46. The third kappa shape index (κ3) is 3.93. The van der Waals surface area contributed by atoms with Crippen molar-refractivity contribution in [1.82, 2.24) is 15.5 Å². The van der Waals surface area contributed by atoms with Crippen molar-refractivity contribution in [2.24, 2.45) is 0 Å². The molecule has 2 aromatic rings. The smallest absolute Gasteiger partial charge is 0.283 e. The van der Waals surface area contributed by atoms with E-state index in [9.17, 15) is 22.4 Å². The van der Waals surface area contributed by atoms with E-state index in [1.54, 1.807) is 11.2 Å². The molecule has 0 radical (unpaired) electrons. The Morgan fingerprint density at radius 3 is 2.62 bits per heavy atom. The van der Waals surface area contributed by atoms with Gasteiger partial charge in [-0.15, -0.1) is 0 Å². The van der Waals surface area contributed by atoms with Crippen LogP contribution < -0.4 is 5.32 Å². The maximum Gasteiger partial charge on any atom is 0.283 e. The first kappa shape index (κ1) is 18.0. The molecule has 2 rings (SSSR count). The van der Waals surface area contributed by atoms with Crippen LogP contribution in [0.4, 0.5) is 17.6 Å². The van der Waals surface area contributed by atoms with Crippen molar-refractivity contribution in [2.75, 3.05) is 6.54 Å². The van der Waals surface area contributed by atoms with E-state index in [0.717, 1.165) is 5.56 Å². The van der Waals surface area contributed by atoms with Crippen molar-refractivity contribution in [3.05, 3.63) is 52.3 Å². The Morgan fingerprint density at radius 2 is 2.00 bits per heavy atom. The molecule has 1 amide bonds. The molecule has 130 valence electrons. The normalized spacial score (nSPS) is 11.3. The Morgan fingerprint density at radius 1 is 1.29 bits per heavy atom. The van der Waals surface area contributed by atoms with E-state index in [0.29, 0.717) is 12.0 Å². The molecule has 0 unspecified atom stereocenters. The summed E-state index contributed by atoms with van der Waals surface area (Å²) in [4.78, 5) is 11.9. The van der Waals surface area contributed by atoms with Gasteiger partial charge in [-0.3, -0.25) is 9.89 Å². The van der Waals surface area contributed by atoms with E-state index in [1.165, 1.54) is 12.1 Å². The number of carbonyl (C=O) groups excluding carboxylic acids is 1. The van der Waals surface area contributed by atoms with Crippen molar-refractivity contribution >= 4 is 5.91 Å². The number of hydrogen-bond acceptors (Lipinski definition) is 2. The van der Waals surface area contributed by atoms with Crippen LogP contribution in [-0.4, -0.2) is 22.6 Å². The lowest BCUT2D eigenvalue weighted by molar-refractivity contribution is 0.0935. The number of nitrogens with zero attached hydrogens (tertiary/aromatic N) is 1. The molecule has 0 saturated carbocycles. The molecule has 0 bridgehead atoms. The molecule has 8 heteroatoms. The topological polar surface area (TPSA) is 57.8 Å². The highest BCUT2D eigenvalue weighted by Crippen LogP contribution is 2.23. The third-order valence-electron chi connectivity index (χ3n) is 3.59. The van der Waals surface area contributed by atoms with E-state index in [-0.39, 0.29) is 12.5 Å². The van der Waals surface area contributed by atoms with Gasteiger partial charge in [-0.25, -0.2) is 13.2 Å². The number of H-pyrrole nitrogens is 1. The zero-order valence-corrected chi connectivity index (χ0v) is 13.2. The molecule has 0 aliphatic rings. The van der Waals surface area contributed by atoms with E-state index in [1.807, 2.05) is 13.8 Å². The van der Waals surface area contributed by atoms with Crippen LogP contribution in [0.15, 0.2) is 18.2 Å². The summed E-state index contributed by atoms with van der Waals surface area (Å²) in [6.07, 6.45) is -2.78. The lowest BCUT2D eigenvalue weighted by atomic mass is 9.95.